The Balaban J connectivity index is 2.15. The second-order valence-electron chi connectivity index (χ2n) is 4.65. The molecule has 1 heterocycles. The monoisotopic (exact) mass is 239 g/mol. The third-order valence-corrected chi connectivity index (χ3v) is 2.91. The molecule has 1 aromatic rings. The molecular formula is C13H25N3O. The lowest BCUT2D eigenvalue weighted by Crippen LogP contribution is -2.18. The maximum absolute atomic E-state index is 8.90. The van der Waals surface area contributed by atoms with Crippen molar-refractivity contribution in [2.45, 2.75) is 46.2 Å². The van der Waals surface area contributed by atoms with E-state index in [4.69, 9.17) is 5.11 Å². The lowest BCUT2D eigenvalue weighted by Gasteiger charge is -2.09. The number of aryl methyl sites for hydroxylation is 1. The third-order valence-electron chi connectivity index (χ3n) is 2.91. The number of hydrogen-bond acceptors (Lipinski definition) is 3. The van der Waals surface area contributed by atoms with Gasteiger partial charge in [0.15, 0.2) is 0 Å². The summed E-state index contributed by atoms with van der Waals surface area (Å²) in [6, 6.07) is 2.07. The van der Waals surface area contributed by atoms with E-state index in [1.54, 1.807) is 0 Å². The Labute approximate surface area is 104 Å². The molecule has 1 atom stereocenters. The summed E-state index contributed by atoms with van der Waals surface area (Å²) < 4.78 is 2.06. The average Bonchev–Trinajstić information content (AvgIpc) is 2.76. The van der Waals surface area contributed by atoms with Gasteiger partial charge in [-0.3, -0.25) is 4.68 Å². The molecular weight excluding hydrogens is 214 g/mol. The van der Waals surface area contributed by atoms with Crippen molar-refractivity contribution in [2.24, 2.45) is 5.92 Å². The Bertz CT molecular complexity index is 299. The smallest absolute Gasteiger partial charge is 0.0522 e. The molecule has 0 fully saturated rings. The van der Waals surface area contributed by atoms with Crippen molar-refractivity contribution >= 4 is 0 Å². The minimum absolute atomic E-state index is 0.295. The Kier molecular flexibility index (Phi) is 6.89. The zero-order chi connectivity index (χ0) is 12.5. The molecule has 1 rings (SSSR count). The maximum Gasteiger partial charge on any atom is 0.0522 e. The molecule has 0 saturated heterocycles. The highest BCUT2D eigenvalue weighted by atomic mass is 16.3. The Morgan fingerprint density at radius 2 is 2.35 bits per heavy atom. The molecule has 0 spiro atoms. The fourth-order valence-corrected chi connectivity index (χ4v) is 1.81. The van der Waals surface area contributed by atoms with Crippen molar-refractivity contribution in [1.82, 2.24) is 15.1 Å². The zero-order valence-electron chi connectivity index (χ0n) is 11.0. The van der Waals surface area contributed by atoms with Crippen molar-refractivity contribution in [3.8, 4) is 0 Å². The standard InChI is InChI=1S/C13H25N3O/c1-3-9-16-13(6-8-15-16)10-14-7-4-5-12(2)11-17/h6,8,12,14,17H,3-5,7,9-11H2,1-2H3. The van der Waals surface area contributed by atoms with Crippen LogP contribution in [-0.2, 0) is 13.1 Å². The second kappa shape index (κ2) is 8.25. The minimum Gasteiger partial charge on any atom is -0.396 e. The van der Waals surface area contributed by atoms with Gasteiger partial charge in [-0.1, -0.05) is 13.8 Å². The summed E-state index contributed by atoms with van der Waals surface area (Å²) in [5.74, 6) is 0.419. The predicted molar refractivity (Wildman–Crippen MR) is 69.7 cm³/mol. The zero-order valence-corrected chi connectivity index (χ0v) is 11.0. The van der Waals surface area contributed by atoms with Crippen LogP contribution in [0.1, 0.15) is 38.8 Å². The van der Waals surface area contributed by atoms with E-state index in [0.29, 0.717) is 12.5 Å². The Morgan fingerprint density at radius 3 is 3.06 bits per heavy atom. The molecule has 0 aliphatic rings. The van der Waals surface area contributed by atoms with E-state index in [1.807, 2.05) is 6.20 Å². The van der Waals surface area contributed by atoms with E-state index >= 15 is 0 Å². The van der Waals surface area contributed by atoms with Crippen LogP contribution < -0.4 is 5.32 Å². The SMILES string of the molecule is CCCn1nccc1CNCCCC(C)CO. The van der Waals surface area contributed by atoms with Gasteiger partial charge in [0.1, 0.15) is 0 Å². The third kappa shape index (κ3) is 5.33. The molecule has 98 valence electrons. The molecule has 0 aliphatic heterocycles. The molecule has 0 aromatic carbocycles. The molecule has 0 aliphatic carbocycles. The molecule has 2 N–H and O–H groups in total. The molecule has 1 aromatic heterocycles. The van der Waals surface area contributed by atoms with Gasteiger partial charge in [0.2, 0.25) is 0 Å². The minimum atomic E-state index is 0.295. The summed E-state index contributed by atoms with van der Waals surface area (Å²) in [6.45, 7) is 7.41. The lowest BCUT2D eigenvalue weighted by molar-refractivity contribution is 0.228. The van der Waals surface area contributed by atoms with E-state index in [0.717, 1.165) is 38.9 Å². The number of nitrogens with zero attached hydrogens (tertiary/aromatic N) is 2. The summed E-state index contributed by atoms with van der Waals surface area (Å²) >= 11 is 0. The quantitative estimate of drug-likeness (QED) is 0.646. The summed E-state index contributed by atoms with van der Waals surface area (Å²) in [5.41, 5.74) is 1.25. The van der Waals surface area contributed by atoms with Crippen LogP contribution in [0.5, 0.6) is 0 Å². The molecule has 0 saturated carbocycles. The number of hydrogen-bond donors (Lipinski definition) is 2. The predicted octanol–water partition coefficient (Wildman–Crippen LogP) is 1.79. The fourth-order valence-electron chi connectivity index (χ4n) is 1.81. The van der Waals surface area contributed by atoms with Crippen molar-refractivity contribution in [1.29, 1.82) is 0 Å². The van der Waals surface area contributed by atoms with Gasteiger partial charge in [-0.25, -0.2) is 0 Å². The van der Waals surface area contributed by atoms with Gasteiger partial charge in [-0.05, 0) is 37.8 Å². The van der Waals surface area contributed by atoms with Crippen molar-refractivity contribution in [3.05, 3.63) is 18.0 Å². The number of nitrogens with one attached hydrogen (secondary N) is 1. The van der Waals surface area contributed by atoms with E-state index in [-0.39, 0.29) is 0 Å². The van der Waals surface area contributed by atoms with Crippen LogP contribution in [0.2, 0.25) is 0 Å². The van der Waals surface area contributed by atoms with E-state index in [9.17, 15) is 0 Å². The largest absolute Gasteiger partial charge is 0.396 e. The lowest BCUT2D eigenvalue weighted by atomic mass is 10.1. The highest BCUT2D eigenvalue weighted by Gasteiger charge is 2.02. The molecule has 17 heavy (non-hydrogen) atoms. The van der Waals surface area contributed by atoms with Crippen LogP contribution in [0.3, 0.4) is 0 Å². The Morgan fingerprint density at radius 1 is 1.53 bits per heavy atom. The van der Waals surface area contributed by atoms with Gasteiger partial charge in [-0.15, -0.1) is 0 Å². The van der Waals surface area contributed by atoms with Crippen molar-refractivity contribution < 1.29 is 5.11 Å². The topological polar surface area (TPSA) is 50.1 Å². The van der Waals surface area contributed by atoms with Crippen LogP contribution in [0.4, 0.5) is 0 Å². The summed E-state index contributed by atoms with van der Waals surface area (Å²) in [5, 5.41) is 16.6. The first-order valence-corrected chi connectivity index (χ1v) is 6.60. The van der Waals surface area contributed by atoms with E-state index in [2.05, 4.69) is 35.0 Å². The number of aliphatic hydroxyl groups is 1. The molecule has 0 bridgehead atoms. The number of aliphatic hydroxyl groups excluding tert-OH is 1. The molecule has 1 unspecified atom stereocenters. The van der Waals surface area contributed by atoms with Crippen LogP contribution in [-0.4, -0.2) is 28.0 Å². The van der Waals surface area contributed by atoms with Gasteiger partial charge >= 0.3 is 0 Å². The number of rotatable bonds is 9. The molecule has 4 heteroatoms. The molecule has 4 nitrogen and oxygen atoms in total. The summed E-state index contributed by atoms with van der Waals surface area (Å²) in [7, 11) is 0. The van der Waals surface area contributed by atoms with Gasteiger partial charge in [0.25, 0.3) is 0 Å². The van der Waals surface area contributed by atoms with Gasteiger partial charge in [0, 0.05) is 25.9 Å². The van der Waals surface area contributed by atoms with Gasteiger partial charge < -0.3 is 10.4 Å². The molecule has 0 radical (unpaired) electrons. The number of aromatic nitrogens is 2. The highest BCUT2D eigenvalue weighted by Crippen LogP contribution is 2.03. The second-order valence-corrected chi connectivity index (χ2v) is 4.65. The first kappa shape index (κ1) is 14.2. The van der Waals surface area contributed by atoms with Gasteiger partial charge in [0.05, 0.1) is 5.69 Å². The normalized spacial score (nSPS) is 12.9. The average molecular weight is 239 g/mol. The first-order chi connectivity index (χ1) is 8.27. The first-order valence-electron chi connectivity index (χ1n) is 6.60. The van der Waals surface area contributed by atoms with E-state index in [1.165, 1.54) is 5.69 Å². The maximum atomic E-state index is 8.90. The molecule has 0 amide bonds. The summed E-state index contributed by atoms with van der Waals surface area (Å²) in [4.78, 5) is 0. The van der Waals surface area contributed by atoms with Crippen molar-refractivity contribution in [2.75, 3.05) is 13.2 Å². The van der Waals surface area contributed by atoms with Crippen LogP contribution in [0.15, 0.2) is 12.3 Å². The fraction of sp³-hybridized carbons (Fsp3) is 0.769. The van der Waals surface area contributed by atoms with Crippen LogP contribution in [0, 0.1) is 5.92 Å². The van der Waals surface area contributed by atoms with Gasteiger partial charge in [-0.2, -0.15) is 5.10 Å². The van der Waals surface area contributed by atoms with Crippen LogP contribution in [0.25, 0.3) is 0 Å². The Hall–Kier alpha value is -0.870. The summed E-state index contributed by atoms with van der Waals surface area (Å²) in [6.07, 6.45) is 5.17. The van der Waals surface area contributed by atoms with Crippen LogP contribution >= 0.6 is 0 Å². The van der Waals surface area contributed by atoms with E-state index < -0.39 is 0 Å². The van der Waals surface area contributed by atoms with Crippen molar-refractivity contribution in [3.63, 3.8) is 0 Å². The highest BCUT2D eigenvalue weighted by molar-refractivity contribution is 4.99.